The molecular weight excluding hydrogens is 274 g/mol. The maximum Gasteiger partial charge on any atom is 0.0712 e. The monoisotopic (exact) mass is 299 g/mol. The molecule has 0 radical (unpaired) electrons. The summed E-state index contributed by atoms with van der Waals surface area (Å²) < 4.78 is 0. The lowest BCUT2D eigenvalue weighted by Crippen LogP contribution is -2.32. The van der Waals surface area contributed by atoms with Crippen molar-refractivity contribution in [3.05, 3.63) is 35.4 Å². The number of benzene rings is 1. The van der Waals surface area contributed by atoms with Crippen molar-refractivity contribution in [2.45, 2.75) is 25.6 Å². The van der Waals surface area contributed by atoms with Gasteiger partial charge in [0.25, 0.3) is 0 Å². The first kappa shape index (κ1) is 17.4. The molecule has 0 bridgehead atoms. The van der Waals surface area contributed by atoms with Crippen LogP contribution in [0.5, 0.6) is 0 Å². The predicted molar refractivity (Wildman–Crippen MR) is 84.2 cm³/mol. The lowest BCUT2D eigenvalue weighted by Gasteiger charge is -2.23. The highest BCUT2D eigenvalue weighted by Gasteiger charge is 2.13. The lowest BCUT2D eigenvalue weighted by molar-refractivity contribution is 0.161. The number of rotatable bonds is 9. The van der Waals surface area contributed by atoms with Gasteiger partial charge in [0, 0.05) is 19.6 Å². The molecule has 0 fully saturated rings. The summed E-state index contributed by atoms with van der Waals surface area (Å²) in [5.41, 5.74) is 2.41. The van der Waals surface area contributed by atoms with E-state index in [-0.39, 0.29) is 18.6 Å². The Balaban J connectivity index is 2.59. The van der Waals surface area contributed by atoms with Crippen molar-refractivity contribution in [3.63, 3.8) is 0 Å². The minimum absolute atomic E-state index is 0.0803. The second-order valence-electron chi connectivity index (χ2n) is 5.55. The summed E-state index contributed by atoms with van der Waals surface area (Å²) in [6.07, 6.45) is 1.08. The second kappa shape index (κ2) is 9.35. The van der Waals surface area contributed by atoms with Gasteiger partial charge in [-0.05, 0) is 23.5 Å². The van der Waals surface area contributed by atoms with Gasteiger partial charge in [-0.25, -0.2) is 0 Å². The van der Waals surface area contributed by atoms with E-state index in [2.05, 4.69) is 38.1 Å². The molecule has 0 saturated heterocycles. The van der Waals surface area contributed by atoms with Crippen LogP contribution in [0.4, 0.5) is 0 Å². The molecule has 2 N–H and O–H groups in total. The quantitative estimate of drug-likeness (QED) is 0.689. The average Bonchev–Trinajstić information content (AvgIpc) is 2.39. The van der Waals surface area contributed by atoms with Crippen LogP contribution in [0.1, 0.15) is 30.4 Å². The third kappa shape index (κ3) is 6.23. The summed E-state index contributed by atoms with van der Waals surface area (Å²) in [5.74, 6) is 0.650. The Bertz CT molecular complexity index is 361. The van der Waals surface area contributed by atoms with Crippen LogP contribution in [0.3, 0.4) is 0 Å². The molecular formula is C16H26ClNO2. The van der Waals surface area contributed by atoms with E-state index in [0.717, 1.165) is 12.0 Å². The first-order valence-corrected chi connectivity index (χ1v) is 7.67. The van der Waals surface area contributed by atoms with Crippen molar-refractivity contribution in [2.75, 3.05) is 32.8 Å². The zero-order valence-electron chi connectivity index (χ0n) is 12.4. The fraction of sp³-hybridized carbons (Fsp3) is 0.625. The van der Waals surface area contributed by atoms with Gasteiger partial charge in [0.15, 0.2) is 0 Å². The van der Waals surface area contributed by atoms with Gasteiger partial charge in [-0.15, -0.1) is 11.6 Å². The highest BCUT2D eigenvalue weighted by Crippen LogP contribution is 2.22. The molecule has 0 aliphatic rings. The van der Waals surface area contributed by atoms with Gasteiger partial charge in [-0.1, -0.05) is 38.1 Å². The van der Waals surface area contributed by atoms with Crippen LogP contribution in [0.2, 0.25) is 0 Å². The van der Waals surface area contributed by atoms with Crippen molar-refractivity contribution < 1.29 is 10.2 Å². The zero-order valence-corrected chi connectivity index (χ0v) is 13.2. The van der Waals surface area contributed by atoms with Gasteiger partial charge in [-0.2, -0.15) is 0 Å². The molecule has 0 aromatic heterocycles. The van der Waals surface area contributed by atoms with Crippen LogP contribution in [0, 0.1) is 5.92 Å². The average molecular weight is 300 g/mol. The number of aliphatic hydroxyl groups excluding tert-OH is 2. The molecule has 1 rings (SSSR count). The number of hydrogen-bond donors (Lipinski definition) is 2. The molecule has 0 saturated carbocycles. The fourth-order valence-electron chi connectivity index (χ4n) is 2.24. The smallest absolute Gasteiger partial charge is 0.0712 e. The van der Waals surface area contributed by atoms with Crippen LogP contribution >= 0.6 is 11.6 Å². The number of aliphatic hydroxyl groups is 2. The predicted octanol–water partition coefficient (Wildman–Crippen LogP) is 2.45. The minimum atomic E-state index is -0.124. The normalized spacial score (nSPS) is 13.2. The molecule has 0 spiro atoms. The molecule has 0 amide bonds. The molecule has 114 valence electrons. The fourth-order valence-corrected chi connectivity index (χ4v) is 2.58. The van der Waals surface area contributed by atoms with Gasteiger partial charge < -0.3 is 10.2 Å². The molecule has 1 aromatic rings. The topological polar surface area (TPSA) is 43.7 Å². The van der Waals surface area contributed by atoms with Gasteiger partial charge in [0.2, 0.25) is 0 Å². The third-order valence-electron chi connectivity index (χ3n) is 3.24. The molecule has 1 atom stereocenters. The summed E-state index contributed by atoms with van der Waals surface area (Å²) in [5, 5.41) is 17.9. The van der Waals surface area contributed by atoms with Gasteiger partial charge in [0.05, 0.1) is 18.6 Å². The molecule has 4 heteroatoms. The summed E-state index contributed by atoms with van der Waals surface area (Å²) in [6.45, 7) is 6.28. The number of hydrogen-bond acceptors (Lipinski definition) is 3. The van der Waals surface area contributed by atoms with Crippen LogP contribution in [-0.4, -0.2) is 48.0 Å². The standard InChI is InChI=1S/C16H26ClNO2/c1-13(2)11-14-3-5-15(6-4-14)16(17)12-18(7-9-19)8-10-20/h3-6,13,16,19-20H,7-12H2,1-2H3. The summed E-state index contributed by atoms with van der Waals surface area (Å²) in [4.78, 5) is 1.97. The minimum Gasteiger partial charge on any atom is -0.395 e. The SMILES string of the molecule is CC(C)Cc1ccc(C(Cl)CN(CCO)CCO)cc1. The first-order valence-electron chi connectivity index (χ1n) is 7.23. The van der Waals surface area contributed by atoms with Crippen LogP contribution < -0.4 is 0 Å². The van der Waals surface area contributed by atoms with E-state index >= 15 is 0 Å². The highest BCUT2D eigenvalue weighted by molar-refractivity contribution is 6.21. The van der Waals surface area contributed by atoms with Crippen molar-refractivity contribution >= 4 is 11.6 Å². The molecule has 0 aliphatic carbocycles. The van der Waals surface area contributed by atoms with Gasteiger partial charge in [0.1, 0.15) is 0 Å². The van der Waals surface area contributed by atoms with E-state index in [1.807, 2.05) is 4.90 Å². The lowest BCUT2D eigenvalue weighted by atomic mass is 10.0. The Kier molecular flexibility index (Phi) is 8.15. The summed E-state index contributed by atoms with van der Waals surface area (Å²) in [7, 11) is 0. The largest absolute Gasteiger partial charge is 0.395 e. The Hall–Kier alpha value is -0.610. The van der Waals surface area contributed by atoms with Crippen molar-refractivity contribution in [3.8, 4) is 0 Å². The van der Waals surface area contributed by atoms with E-state index in [0.29, 0.717) is 25.6 Å². The van der Waals surface area contributed by atoms with Gasteiger partial charge in [-0.3, -0.25) is 4.90 Å². The summed E-state index contributed by atoms with van der Waals surface area (Å²) >= 11 is 6.43. The molecule has 0 aliphatic heterocycles. The van der Waals surface area contributed by atoms with Crippen LogP contribution in [0.15, 0.2) is 24.3 Å². The second-order valence-corrected chi connectivity index (χ2v) is 6.08. The summed E-state index contributed by atoms with van der Waals surface area (Å²) in [6, 6.07) is 8.41. The Labute approximate surface area is 127 Å². The maximum absolute atomic E-state index is 9.00. The Morgan fingerprint density at radius 1 is 1.05 bits per heavy atom. The van der Waals surface area contributed by atoms with Crippen molar-refractivity contribution in [2.24, 2.45) is 5.92 Å². The van der Waals surface area contributed by atoms with Crippen molar-refractivity contribution in [1.82, 2.24) is 4.90 Å². The number of nitrogens with zero attached hydrogens (tertiary/aromatic N) is 1. The Morgan fingerprint density at radius 2 is 1.60 bits per heavy atom. The third-order valence-corrected chi connectivity index (χ3v) is 3.63. The maximum atomic E-state index is 9.00. The van der Waals surface area contributed by atoms with E-state index in [1.54, 1.807) is 0 Å². The molecule has 0 heterocycles. The number of halogens is 1. The van der Waals surface area contributed by atoms with Crippen LogP contribution in [-0.2, 0) is 6.42 Å². The van der Waals surface area contributed by atoms with E-state index in [9.17, 15) is 0 Å². The van der Waals surface area contributed by atoms with E-state index in [1.165, 1.54) is 5.56 Å². The molecule has 1 aromatic carbocycles. The van der Waals surface area contributed by atoms with Crippen LogP contribution in [0.25, 0.3) is 0 Å². The molecule has 20 heavy (non-hydrogen) atoms. The van der Waals surface area contributed by atoms with E-state index in [4.69, 9.17) is 21.8 Å². The van der Waals surface area contributed by atoms with E-state index < -0.39 is 0 Å². The highest BCUT2D eigenvalue weighted by atomic mass is 35.5. The molecule has 1 unspecified atom stereocenters. The van der Waals surface area contributed by atoms with Gasteiger partial charge >= 0.3 is 0 Å². The molecule has 3 nitrogen and oxygen atoms in total. The van der Waals surface area contributed by atoms with Crippen molar-refractivity contribution in [1.29, 1.82) is 0 Å². The zero-order chi connectivity index (χ0) is 15.0. The Morgan fingerprint density at radius 3 is 2.05 bits per heavy atom. The number of alkyl halides is 1. The first-order chi connectivity index (χ1) is 9.56.